The van der Waals surface area contributed by atoms with Gasteiger partial charge in [-0.3, -0.25) is 10.1 Å². The van der Waals surface area contributed by atoms with Crippen molar-refractivity contribution in [1.29, 1.82) is 0 Å². The number of ether oxygens (including phenoxy) is 1. The Bertz CT molecular complexity index is 152. The van der Waals surface area contributed by atoms with Crippen molar-refractivity contribution in [3.8, 4) is 0 Å². The SMILES string of the molecule is C=C(NC(=O)CC(C)C)OC. The van der Waals surface area contributed by atoms with E-state index in [2.05, 4.69) is 16.6 Å². The molecule has 0 radical (unpaired) electrons. The van der Waals surface area contributed by atoms with Gasteiger partial charge in [0.15, 0.2) is 5.88 Å². The maximum Gasteiger partial charge on any atom is 0.226 e. The standard InChI is InChI=1S/C8H15NO2/c1-6(2)5-8(10)9-7(3)11-4/h6H,3,5H2,1-2,4H3,(H,9,10). The van der Waals surface area contributed by atoms with Crippen LogP contribution in [0, 0.1) is 5.92 Å². The van der Waals surface area contributed by atoms with Crippen LogP contribution in [0.1, 0.15) is 20.3 Å². The van der Waals surface area contributed by atoms with Gasteiger partial charge in [0.05, 0.1) is 7.11 Å². The van der Waals surface area contributed by atoms with Crippen molar-refractivity contribution < 1.29 is 9.53 Å². The first-order chi connectivity index (χ1) is 5.06. The molecule has 64 valence electrons. The van der Waals surface area contributed by atoms with Gasteiger partial charge in [-0.05, 0) is 12.5 Å². The molecule has 0 aromatic rings. The monoisotopic (exact) mass is 157 g/mol. The highest BCUT2D eigenvalue weighted by Crippen LogP contribution is 1.99. The van der Waals surface area contributed by atoms with Crippen LogP contribution in [0.25, 0.3) is 0 Å². The van der Waals surface area contributed by atoms with Gasteiger partial charge in [0.1, 0.15) is 0 Å². The topological polar surface area (TPSA) is 38.3 Å². The molecule has 0 saturated heterocycles. The molecule has 0 heterocycles. The summed E-state index contributed by atoms with van der Waals surface area (Å²) in [7, 11) is 1.47. The second-order valence-electron chi connectivity index (χ2n) is 2.77. The number of rotatable bonds is 4. The third kappa shape index (κ3) is 5.45. The predicted molar refractivity (Wildman–Crippen MR) is 43.7 cm³/mol. The largest absolute Gasteiger partial charge is 0.483 e. The van der Waals surface area contributed by atoms with E-state index >= 15 is 0 Å². The van der Waals surface area contributed by atoms with E-state index in [-0.39, 0.29) is 5.91 Å². The summed E-state index contributed by atoms with van der Waals surface area (Å²) < 4.78 is 4.68. The molecule has 11 heavy (non-hydrogen) atoms. The van der Waals surface area contributed by atoms with Crippen molar-refractivity contribution in [2.75, 3.05) is 7.11 Å². The molecule has 0 aliphatic heterocycles. The molecule has 0 fully saturated rings. The Kier molecular flexibility index (Phi) is 4.34. The van der Waals surface area contributed by atoms with E-state index in [9.17, 15) is 4.79 Å². The minimum absolute atomic E-state index is 0.0492. The Labute approximate surface area is 67.4 Å². The Hall–Kier alpha value is -0.990. The van der Waals surface area contributed by atoms with Crippen molar-refractivity contribution in [3.05, 3.63) is 12.5 Å². The lowest BCUT2D eigenvalue weighted by atomic mass is 10.1. The molecule has 0 aliphatic carbocycles. The van der Waals surface area contributed by atoms with Crippen molar-refractivity contribution in [3.63, 3.8) is 0 Å². The molecular formula is C8H15NO2. The molecule has 0 aromatic carbocycles. The van der Waals surface area contributed by atoms with Crippen molar-refractivity contribution in [2.24, 2.45) is 5.92 Å². The van der Waals surface area contributed by atoms with Crippen LogP contribution in [-0.4, -0.2) is 13.0 Å². The molecule has 3 nitrogen and oxygen atoms in total. The molecule has 0 aliphatic rings. The fourth-order valence-corrected chi connectivity index (χ4v) is 0.628. The van der Waals surface area contributed by atoms with E-state index in [0.717, 1.165) is 0 Å². The molecule has 0 unspecified atom stereocenters. The van der Waals surface area contributed by atoms with Crippen molar-refractivity contribution in [1.82, 2.24) is 5.32 Å². The molecule has 3 heteroatoms. The highest BCUT2D eigenvalue weighted by atomic mass is 16.5. The van der Waals surface area contributed by atoms with Gasteiger partial charge in [-0.25, -0.2) is 0 Å². The van der Waals surface area contributed by atoms with Gasteiger partial charge >= 0.3 is 0 Å². The summed E-state index contributed by atoms with van der Waals surface area (Å²) in [5.41, 5.74) is 0. The third-order valence-corrected chi connectivity index (χ3v) is 1.12. The minimum Gasteiger partial charge on any atom is -0.483 e. The first kappa shape index (κ1) is 10.0. The van der Waals surface area contributed by atoms with Crippen molar-refractivity contribution >= 4 is 5.91 Å². The lowest BCUT2D eigenvalue weighted by Crippen LogP contribution is -2.23. The molecule has 0 saturated carbocycles. The Balaban J connectivity index is 3.61. The quantitative estimate of drug-likeness (QED) is 0.624. The van der Waals surface area contributed by atoms with Crippen LogP contribution in [0.15, 0.2) is 12.5 Å². The summed E-state index contributed by atoms with van der Waals surface area (Å²) in [6.45, 7) is 7.43. The van der Waals surface area contributed by atoms with Gasteiger partial charge in [-0.2, -0.15) is 0 Å². The van der Waals surface area contributed by atoms with Gasteiger partial charge < -0.3 is 4.74 Å². The third-order valence-electron chi connectivity index (χ3n) is 1.12. The zero-order valence-electron chi connectivity index (χ0n) is 7.31. The summed E-state index contributed by atoms with van der Waals surface area (Å²) in [5.74, 6) is 0.613. The zero-order chi connectivity index (χ0) is 8.85. The number of nitrogens with one attached hydrogen (secondary N) is 1. The van der Waals surface area contributed by atoms with Gasteiger partial charge in [0.2, 0.25) is 5.91 Å². The molecule has 1 N–H and O–H groups in total. The van der Waals surface area contributed by atoms with E-state index in [1.165, 1.54) is 7.11 Å². The van der Waals surface area contributed by atoms with Gasteiger partial charge in [0, 0.05) is 6.42 Å². The number of hydrogen-bond acceptors (Lipinski definition) is 2. The Morgan fingerprint density at radius 3 is 2.55 bits per heavy atom. The highest BCUT2D eigenvalue weighted by Gasteiger charge is 2.04. The average molecular weight is 157 g/mol. The zero-order valence-corrected chi connectivity index (χ0v) is 7.31. The second-order valence-corrected chi connectivity index (χ2v) is 2.77. The van der Waals surface area contributed by atoms with E-state index in [1.807, 2.05) is 13.8 Å². The highest BCUT2D eigenvalue weighted by molar-refractivity contribution is 5.77. The Morgan fingerprint density at radius 2 is 2.18 bits per heavy atom. The number of hydrogen-bond donors (Lipinski definition) is 1. The second kappa shape index (κ2) is 4.77. The smallest absolute Gasteiger partial charge is 0.226 e. The van der Waals surface area contributed by atoms with Crippen LogP contribution in [-0.2, 0) is 9.53 Å². The number of carbonyl (C=O) groups is 1. The van der Waals surface area contributed by atoms with Crippen LogP contribution in [0.5, 0.6) is 0 Å². The molecule has 0 bridgehead atoms. The summed E-state index contributed by atoms with van der Waals surface area (Å²) in [6, 6.07) is 0. The molecule has 0 atom stereocenters. The van der Waals surface area contributed by atoms with Gasteiger partial charge in [-0.15, -0.1) is 0 Å². The summed E-state index contributed by atoms with van der Waals surface area (Å²) in [6.07, 6.45) is 0.502. The van der Waals surface area contributed by atoms with E-state index in [0.29, 0.717) is 18.2 Å². The summed E-state index contributed by atoms with van der Waals surface area (Å²) in [4.78, 5) is 11.0. The van der Waals surface area contributed by atoms with E-state index in [1.54, 1.807) is 0 Å². The first-order valence-electron chi connectivity index (χ1n) is 3.59. The summed E-state index contributed by atoms with van der Waals surface area (Å²) in [5, 5.41) is 2.51. The summed E-state index contributed by atoms with van der Waals surface area (Å²) >= 11 is 0. The molecule has 0 spiro atoms. The van der Waals surface area contributed by atoms with E-state index in [4.69, 9.17) is 0 Å². The fourth-order valence-electron chi connectivity index (χ4n) is 0.628. The fraction of sp³-hybridized carbons (Fsp3) is 0.625. The molecule has 1 amide bonds. The predicted octanol–water partition coefficient (Wildman–Crippen LogP) is 1.27. The number of amides is 1. The molecule has 0 rings (SSSR count). The first-order valence-corrected chi connectivity index (χ1v) is 3.59. The van der Waals surface area contributed by atoms with Gasteiger partial charge in [-0.1, -0.05) is 13.8 Å². The van der Waals surface area contributed by atoms with Crippen molar-refractivity contribution in [2.45, 2.75) is 20.3 Å². The lowest BCUT2D eigenvalue weighted by molar-refractivity contribution is -0.121. The van der Waals surface area contributed by atoms with Crippen LogP contribution in [0.4, 0.5) is 0 Å². The van der Waals surface area contributed by atoms with Gasteiger partial charge in [0.25, 0.3) is 0 Å². The maximum absolute atomic E-state index is 11.0. The Morgan fingerprint density at radius 1 is 1.64 bits per heavy atom. The van der Waals surface area contributed by atoms with Crippen LogP contribution < -0.4 is 5.32 Å². The number of methoxy groups -OCH3 is 1. The van der Waals surface area contributed by atoms with Crippen LogP contribution >= 0.6 is 0 Å². The lowest BCUT2D eigenvalue weighted by Gasteiger charge is -2.07. The maximum atomic E-state index is 11.0. The number of carbonyl (C=O) groups excluding carboxylic acids is 1. The van der Waals surface area contributed by atoms with Crippen LogP contribution in [0.3, 0.4) is 0 Å². The molecule has 0 aromatic heterocycles. The minimum atomic E-state index is -0.0492. The van der Waals surface area contributed by atoms with E-state index < -0.39 is 0 Å². The normalized spacial score (nSPS) is 9.45. The van der Waals surface area contributed by atoms with Crippen LogP contribution in [0.2, 0.25) is 0 Å². The molecular weight excluding hydrogens is 142 g/mol. The average Bonchev–Trinajstić information content (AvgIpc) is 1.85.